The van der Waals surface area contributed by atoms with Crippen LogP contribution in [0.5, 0.6) is 5.75 Å². The van der Waals surface area contributed by atoms with E-state index < -0.39 is 0 Å². The van der Waals surface area contributed by atoms with Crippen LogP contribution in [0.2, 0.25) is 0 Å². The fourth-order valence-electron chi connectivity index (χ4n) is 4.52. The molecule has 1 aliphatic carbocycles. The van der Waals surface area contributed by atoms with Crippen molar-refractivity contribution in [3.63, 3.8) is 0 Å². The summed E-state index contributed by atoms with van der Waals surface area (Å²) in [6, 6.07) is 9.40. The molecule has 194 valence electrons. The van der Waals surface area contributed by atoms with Gasteiger partial charge in [0.1, 0.15) is 30.2 Å². The molecule has 0 saturated heterocycles. The van der Waals surface area contributed by atoms with Crippen LogP contribution in [0.4, 0.5) is 0 Å². The van der Waals surface area contributed by atoms with Gasteiger partial charge in [0.2, 0.25) is 0 Å². The molecule has 0 spiro atoms. The summed E-state index contributed by atoms with van der Waals surface area (Å²) >= 11 is 0. The van der Waals surface area contributed by atoms with Crippen LogP contribution in [0.15, 0.2) is 66.4 Å². The summed E-state index contributed by atoms with van der Waals surface area (Å²) in [6.07, 6.45) is 11.3. The Kier molecular flexibility index (Phi) is 6.24. The molecule has 10 heteroatoms. The highest BCUT2D eigenvalue weighted by molar-refractivity contribution is 5.83. The van der Waals surface area contributed by atoms with Crippen molar-refractivity contribution in [3.8, 4) is 28.8 Å². The van der Waals surface area contributed by atoms with Gasteiger partial charge >= 0.3 is 0 Å². The van der Waals surface area contributed by atoms with E-state index in [4.69, 9.17) is 14.5 Å². The third-order valence-electron chi connectivity index (χ3n) is 6.70. The quantitative estimate of drug-likeness (QED) is 0.272. The van der Waals surface area contributed by atoms with E-state index in [2.05, 4.69) is 28.8 Å². The predicted octanol–water partition coefficient (Wildman–Crippen LogP) is 4.31. The van der Waals surface area contributed by atoms with Gasteiger partial charge in [-0.2, -0.15) is 0 Å². The Hall–Kier alpha value is -4.31. The molecule has 38 heavy (non-hydrogen) atoms. The van der Waals surface area contributed by atoms with Gasteiger partial charge in [-0.05, 0) is 44.9 Å². The van der Waals surface area contributed by atoms with E-state index in [0.29, 0.717) is 47.3 Å². The number of benzene rings is 1. The van der Waals surface area contributed by atoms with Crippen LogP contribution in [-0.4, -0.2) is 54.0 Å². The molecule has 6 rings (SSSR count). The zero-order chi connectivity index (χ0) is 26.2. The van der Waals surface area contributed by atoms with Gasteiger partial charge < -0.3 is 18.6 Å². The van der Waals surface area contributed by atoms with Crippen LogP contribution in [0.3, 0.4) is 0 Å². The van der Waals surface area contributed by atoms with E-state index in [-0.39, 0.29) is 11.6 Å². The van der Waals surface area contributed by atoms with Gasteiger partial charge in [0, 0.05) is 43.7 Å². The van der Waals surface area contributed by atoms with Crippen LogP contribution in [0.1, 0.15) is 44.3 Å². The van der Waals surface area contributed by atoms with E-state index in [9.17, 15) is 4.79 Å². The first-order valence-electron chi connectivity index (χ1n) is 12.8. The summed E-state index contributed by atoms with van der Waals surface area (Å²) in [5, 5.41) is 0.458. The lowest BCUT2D eigenvalue weighted by Crippen LogP contribution is -2.20. The average Bonchev–Trinajstić information content (AvgIpc) is 3.44. The highest BCUT2D eigenvalue weighted by Gasteiger charge is 2.26. The average molecular weight is 512 g/mol. The van der Waals surface area contributed by atoms with Gasteiger partial charge in [-0.15, -0.1) is 0 Å². The van der Waals surface area contributed by atoms with Crippen LogP contribution in [0, 0.1) is 0 Å². The molecule has 4 heterocycles. The second kappa shape index (κ2) is 9.86. The Bertz CT molecular complexity index is 1660. The number of pyridine rings is 1. The second-order valence-electron chi connectivity index (χ2n) is 9.71. The number of hydrogen-bond donors (Lipinski definition) is 0. The monoisotopic (exact) mass is 511 g/mol. The summed E-state index contributed by atoms with van der Waals surface area (Å²) in [7, 11) is 1.63. The first kappa shape index (κ1) is 24.1. The Morgan fingerprint density at radius 3 is 2.74 bits per heavy atom. The third kappa shape index (κ3) is 4.47. The molecule has 1 saturated carbocycles. The highest BCUT2D eigenvalue weighted by Crippen LogP contribution is 2.39. The molecule has 0 radical (unpaired) electrons. The maximum Gasteiger partial charge on any atom is 0.267 e. The van der Waals surface area contributed by atoms with Gasteiger partial charge in [0.25, 0.3) is 5.56 Å². The smallest absolute Gasteiger partial charge is 0.267 e. The zero-order valence-electron chi connectivity index (χ0n) is 21.6. The molecule has 1 aliphatic rings. The van der Waals surface area contributed by atoms with Gasteiger partial charge in [0.05, 0.1) is 35.2 Å². The molecule has 0 atom stereocenters. The van der Waals surface area contributed by atoms with Crippen molar-refractivity contribution in [1.29, 1.82) is 0 Å². The Morgan fingerprint density at radius 1 is 1.08 bits per heavy atom. The summed E-state index contributed by atoms with van der Waals surface area (Å²) < 4.78 is 16.6. The molecule has 0 unspecified atom stereocenters. The maximum atomic E-state index is 13.8. The topological polar surface area (TPSA) is 102 Å². The Morgan fingerprint density at radius 2 is 1.95 bits per heavy atom. The molecule has 10 nitrogen and oxygen atoms in total. The molecule has 0 bridgehead atoms. The van der Waals surface area contributed by atoms with Crippen molar-refractivity contribution < 1.29 is 9.47 Å². The number of ether oxygens (including phenoxy) is 2. The van der Waals surface area contributed by atoms with Crippen molar-refractivity contribution >= 4 is 10.9 Å². The first-order chi connectivity index (χ1) is 18.5. The minimum absolute atomic E-state index is 0.223. The van der Waals surface area contributed by atoms with E-state index in [1.54, 1.807) is 31.8 Å². The Labute approximate surface area is 219 Å². The molecule has 0 amide bonds. The highest BCUT2D eigenvalue weighted by atomic mass is 16.5. The molecule has 5 aromatic rings. The molecule has 4 aromatic heterocycles. The lowest BCUT2D eigenvalue weighted by molar-refractivity contribution is 0.146. The lowest BCUT2D eigenvalue weighted by Gasteiger charge is -2.14. The van der Waals surface area contributed by atoms with Crippen molar-refractivity contribution in [2.24, 2.45) is 0 Å². The summed E-state index contributed by atoms with van der Waals surface area (Å²) in [5.74, 6) is 2.34. The molecule has 0 aliphatic heterocycles. The van der Waals surface area contributed by atoms with Crippen molar-refractivity contribution in [2.75, 3.05) is 20.3 Å². The third-order valence-corrected chi connectivity index (χ3v) is 6.70. The minimum Gasteiger partial charge on any atom is -0.489 e. The molecule has 1 aromatic carbocycles. The van der Waals surface area contributed by atoms with Gasteiger partial charge in [-0.1, -0.05) is 6.07 Å². The minimum atomic E-state index is -0.223. The van der Waals surface area contributed by atoms with Gasteiger partial charge in [-0.3, -0.25) is 9.36 Å². The molecule has 0 N–H and O–H groups in total. The lowest BCUT2D eigenvalue weighted by atomic mass is 10.2. The number of nitrogens with zero attached hydrogens (tertiary/aromatic N) is 7. The SMILES string of the molecule is COCCOc1cc2ncn(-c3cccc(-c4nccn4C(C)C)n3)c(=O)c2cc1-n1cnc(C2CC2)c1. The fraction of sp³-hybridized carbons (Fsp3) is 0.321. The van der Waals surface area contributed by atoms with E-state index in [1.165, 1.54) is 10.9 Å². The largest absolute Gasteiger partial charge is 0.489 e. The van der Waals surface area contributed by atoms with Crippen molar-refractivity contribution in [3.05, 3.63) is 77.6 Å². The predicted molar refractivity (Wildman–Crippen MR) is 143 cm³/mol. The number of fused-ring (bicyclic) bond motifs is 1. The van der Waals surface area contributed by atoms with Crippen LogP contribution >= 0.6 is 0 Å². The first-order valence-corrected chi connectivity index (χ1v) is 12.8. The van der Waals surface area contributed by atoms with Crippen molar-refractivity contribution in [1.82, 2.24) is 33.6 Å². The zero-order valence-corrected chi connectivity index (χ0v) is 21.6. The molecular formula is C28H29N7O3. The fourth-order valence-corrected chi connectivity index (χ4v) is 4.52. The van der Waals surface area contributed by atoms with Gasteiger partial charge in [-0.25, -0.2) is 19.9 Å². The van der Waals surface area contributed by atoms with Crippen LogP contribution < -0.4 is 10.3 Å². The molecule has 1 fully saturated rings. The molecular weight excluding hydrogens is 482 g/mol. The van der Waals surface area contributed by atoms with Crippen LogP contribution in [0.25, 0.3) is 33.9 Å². The number of hydrogen-bond acceptors (Lipinski definition) is 7. The number of rotatable bonds is 9. The van der Waals surface area contributed by atoms with Gasteiger partial charge in [0.15, 0.2) is 5.82 Å². The van der Waals surface area contributed by atoms with Crippen LogP contribution in [-0.2, 0) is 4.74 Å². The summed E-state index contributed by atoms with van der Waals surface area (Å²) in [4.78, 5) is 32.2. The van der Waals surface area contributed by atoms with E-state index in [1.807, 2.05) is 39.7 Å². The number of methoxy groups -OCH3 is 1. The number of aromatic nitrogens is 7. The van der Waals surface area contributed by atoms with Crippen molar-refractivity contribution in [2.45, 2.75) is 38.6 Å². The summed E-state index contributed by atoms with van der Waals surface area (Å²) in [6.45, 7) is 5.00. The van der Waals surface area contributed by atoms with E-state index >= 15 is 0 Å². The summed E-state index contributed by atoms with van der Waals surface area (Å²) in [5.41, 5.74) is 2.78. The number of imidazole rings is 2. The van der Waals surface area contributed by atoms with E-state index in [0.717, 1.165) is 30.0 Å². The standard InChI is InChI=1S/C28H29N7O3/c1-18(2)34-10-9-29-27(34)21-5-4-6-26(32-21)35-17-31-22-14-25(38-12-11-37-3)24(13-20(22)28(35)36)33-15-23(30-16-33)19-7-8-19/h4-6,9-10,13-19H,7-8,11-12H2,1-3H3. The maximum absolute atomic E-state index is 13.8. The Balaban J connectivity index is 1.45. The normalized spacial score (nSPS) is 13.5. The second-order valence-corrected chi connectivity index (χ2v) is 9.71.